The minimum Gasteiger partial charge on any atom is -0.350 e. The number of likely N-dealkylation sites (N-methyl/N-ethyl adjacent to an activating group) is 1. The van der Waals surface area contributed by atoms with Gasteiger partial charge in [-0.1, -0.05) is 42.5 Å². The molecule has 0 unspecified atom stereocenters. The molecule has 1 heterocycles. The molecule has 1 aromatic heterocycles. The van der Waals surface area contributed by atoms with E-state index in [0.29, 0.717) is 17.1 Å². The molecule has 3 aromatic rings. The van der Waals surface area contributed by atoms with E-state index in [1.54, 1.807) is 42.3 Å². The number of hydrogen-bond acceptors (Lipinski definition) is 5. The van der Waals surface area contributed by atoms with E-state index >= 15 is 0 Å². The van der Waals surface area contributed by atoms with E-state index in [-0.39, 0.29) is 23.8 Å². The molecule has 0 radical (unpaired) electrons. The van der Waals surface area contributed by atoms with E-state index in [1.807, 2.05) is 24.3 Å². The van der Waals surface area contributed by atoms with Crippen molar-refractivity contribution >= 4 is 39.0 Å². The molecule has 1 N–H and O–H groups in total. The predicted octanol–water partition coefficient (Wildman–Crippen LogP) is 4.49. The van der Waals surface area contributed by atoms with Gasteiger partial charge in [-0.25, -0.2) is 4.98 Å². The lowest BCUT2D eigenvalue weighted by atomic mass is 10.1. The van der Waals surface area contributed by atoms with Gasteiger partial charge in [-0.2, -0.15) is 0 Å². The molecule has 3 rings (SSSR count). The van der Waals surface area contributed by atoms with E-state index in [4.69, 9.17) is 0 Å². The molecule has 0 aliphatic carbocycles. The number of nitrogens with zero attached hydrogens (tertiary/aromatic N) is 3. The highest BCUT2D eigenvalue weighted by atomic mass is 79.9. The first-order valence-corrected chi connectivity index (χ1v) is 9.21. The molecule has 0 atom stereocenters. The lowest BCUT2D eigenvalue weighted by Crippen LogP contribution is -2.30. The van der Waals surface area contributed by atoms with Gasteiger partial charge in [0.05, 0.1) is 17.2 Å². The number of nitrogens with one attached hydrogen (secondary N) is 1. The average molecular weight is 441 g/mol. The number of rotatable bonds is 6. The Hall–Kier alpha value is -3.26. The van der Waals surface area contributed by atoms with E-state index in [9.17, 15) is 14.9 Å². The number of amides is 1. The summed E-state index contributed by atoms with van der Waals surface area (Å²) >= 11 is 3.39. The first kappa shape index (κ1) is 19.5. The monoisotopic (exact) mass is 440 g/mol. The second kappa shape index (κ2) is 8.62. The highest BCUT2D eigenvalue weighted by molar-refractivity contribution is 9.10. The standard InChI is InChI=1S/C20H17BrN4O3/c1-24(13-19(26)22-16-10-6-5-9-15(16)21)18-12-11-17(25(27)28)20(23-18)14-7-3-2-4-8-14/h2-12H,13H2,1H3,(H,22,26). The minimum absolute atomic E-state index is 0.0420. The molecule has 0 saturated heterocycles. The molecular weight excluding hydrogens is 424 g/mol. The summed E-state index contributed by atoms with van der Waals surface area (Å²) in [7, 11) is 1.71. The van der Waals surface area contributed by atoms with Crippen molar-refractivity contribution in [3.63, 3.8) is 0 Å². The van der Waals surface area contributed by atoms with Crippen molar-refractivity contribution in [2.75, 3.05) is 23.8 Å². The molecule has 8 heteroatoms. The van der Waals surface area contributed by atoms with Gasteiger partial charge < -0.3 is 10.2 Å². The number of hydrogen-bond donors (Lipinski definition) is 1. The number of aromatic nitrogens is 1. The minimum atomic E-state index is -0.460. The van der Waals surface area contributed by atoms with E-state index in [2.05, 4.69) is 26.2 Å². The largest absolute Gasteiger partial charge is 0.350 e. The number of anilines is 2. The van der Waals surface area contributed by atoms with Crippen LogP contribution < -0.4 is 10.2 Å². The Morgan fingerprint density at radius 2 is 1.79 bits per heavy atom. The van der Waals surface area contributed by atoms with Crippen LogP contribution in [0.1, 0.15) is 0 Å². The van der Waals surface area contributed by atoms with Crippen LogP contribution in [0.15, 0.2) is 71.2 Å². The lowest BCUT2D eigenvalue weighted by Gasteiger charge is -2.19. The Morgan fingerprint density at radius 3 is 2.46 bits per heavy atom. The number of benzene rings is 2. The highest BCUT2D eigenvalue weighted by Gasteiger charge is 2.19. The maximum absolute atomic E-state index is 12.4. The summed E-state index contributed by atoms with van der Waals surface area (Å²) in [6.07, 6.45) is 0. The summed E-state index contributed by atoms with van der Waals surface area (Å²) in [5.41, 5.74) is 1.49. The zero-order valence-corrected chi connectivity index (χ0v) is 16.6. The smallest absolute Gasteiger partial charge is 0.295 e. The van der Waals surface area contributed by atoms with Crippen LogP contribution in [0.25, 0.3) is 11.3 Å². The third kappa shape index (κ3) is 4.52. The number of pyridine rings is 1. The van der Waals surface area contributed by atoms with Gasteiger partial charge in [0.2, 0.25) is 5.91 Å². The van der Waals surface area contributed by atoms with Gasteiger partial charge in [-0.3, -0.25) is 14.9 Å². The molecule has 2 aromatic carbocycles. The molecule has 142 valence electrons. The SMILES string of the molecule is CN(CC(=O)Nc1ccccc1Br)c1ccc([N+](=O)[O-])c(-c2ccccc2)n1. The maximum Gasteiger partial charge on any atom is 0.295 e. The number of carbonyl (C=O) groups excluding carboxylic acids is 1. The Labute approximate surface area is 170 Å². The summed E-state index contributed by atoms with van der Waals surface area (Å²) in [5.74, 6) is 0.238. The second-order valence-corrected chi connectivity index (χ2v) is 6.90. The maximum atomic E-state index is 12.4. The fourth-order valence-electron chi connectivity index (χ4n) is 2.66. The van der Waals surface area contributed by atoms with Crippen LogP contribution in [-0.2, 0) is 4.79 Å². The average Bonchev–Trinajstić information content (AvgIpc) is 2.69. The second-order valence-electron chi connectivity index (χ2n) is 6.04. The van der Waals surface area contributed by atoms with Crippen LogP contribution in [0.4, 0.5) is 17.2 Å². The van der Waals surface area contributed by atoms with Crippen molar-refractivity contribution in [2.24, 2.45) is 0 Å². The zero-order chi connectivity index (χ0) is 20.1. The molecule has 0 aliphatic rings. The summed E-state index contributed by atoms with van der Waals surface area (Å²) in [5, 5.41) is 14.2. The predicted molar refractivity (Wildman–Crippen MR) is 112 cm³/mol. The first-order valence-electron chi connectivity index (χ1n) is 8.42. The summed E-state index contributed by atoms with van der Waals surface area (Å²) < 4.78 is 0.783. The van der Waals surface area contributed by atoms with Crippen molar-refractivity contribution in [1.29, 1.82) is 0 Å². The normalized spacial score (nSPS) is 10.4. The summed E-state index contributed by atoms with van der Waals surface area (Å²) in [6.45, 7) is 0.0420. The molecule has 7 nitrogen and oxygen atoms in total. The third-order valence-electron chi connectivity index (χ3n) is 4.02. The van der Waals surface area contributed by atoms with Gasteiger partial charge in [-0.05, 0) is 34.1 Å². The summed E-state index contributed by atoms with van der Waals surface area (Å²) in [4.78, 5) is 29.4. The number of para-hydroxylation sites is 1. The molecule has 0 bridgehead atoms. The van der Waals surface area contributed by atoms with Crippen LogP contribution in [0.2, 0.25) is 0 Å². The summed E-state index contributed by atoms with van der Waals surface area (Å²) in [6, 6.07) is 19.2. The topological polar surface area (TPSA) is 88.4 Å². The van der Waals surface area contributed by atoms with Gasteiger partial charge in [0, 0.05) is 23.2 Å². The molecule has 1 amide bonds. The first-order chi connectivity index (χ1) is 13.5. The molecule has 0 aliphatic heterocycles. The van der Waals surface area contributed by atoms with E-state index in [0.717, 1.165) is 4.47 Å². The fourth-order valence-corrected chi connectivity index (χ4v) is 3.04. The van der Waals surface area contributed by atoms with Gasteiger partial charge in [0.1, 0.15) is 5.82 Å². The fraction of sp³-hybridized carbons (Fsp3) is 0.100. The molecule has 0 spiro atoms. The molecule has 0 saturated carbocycles. The number of halogens is 1. The lowest BCUT2D eigenvalue weighted by molar-refractivity contribution is -0.384. The van der Waals surface area contributed by atoms with Crippen LogP contribution in [0, 0.1) is 10.1 Å². The van der Waals surface area contributed by atoms with Crippen molar-refractivity contribution < 1.29 is 9.72 Å². The van der Waals surface area contributed by atoms with Crippen molar-refractivity contribution in [1.82, 2.24) is 4.98 Å². The van der Waals surface area contributed by atoms with Crippen LogP contribution in [0.5, 0.6) is 0 Å². The Balaban J connectivity index is 1.82. The Bertz CT molecular complexity index is 1010. The highest BCUT2D eigenvalue weighted by Crippen LogP contribution is 2.30. The zero-order valence-electron chi connectivity index (χ0n) is 15.0. The van der Waals surface area contributed by atoms with E-state index < -0.39 is 4.92 Å². The van der Waals surface area contributed by atoms with Crippen molar-refractivity contribution in [3.8, 4) is 11.3 Å². The van der Waals surface area contributed by atoms with Gasteiger partial charge in [0.15, 0.2) is 5.69 Å². The Kier molecular flexibility index (Phi) is 6.00. The van der Waals surface area contributed by atoms with Crippen molar-refractivity contribution in [3.05, 3.63) is 81.3 Å². The van der Waals surface area contributed by atoms with Gasteiger partial charge in [0.25, 0.3) is 5.69 Å². The van der Waals surface area contributed by atoms with Gasteiger partial charge in [-0.15, -0.1) is 0 Å². The van der Waals surface area contributed by atoms with Crippen LogP contribution in [-0.4, -0.2) is 29.4 Å². The molecular formula is C20H17BrN4O3. The number of nitro groups is 1. The third-order valence-corrected chi connectivity index (χ3v) is 4.71. The quantitative estimate of drug-likeness (QED) is 0.450. The van der Waals surface area contributed by atoms with Crippen molar-refractivity contribution in [2.45, 2.75) is 0 Å². The van der Waals surface area contributed by atoms with Crippen LogP contribution in [0.3, 0.4) is 0 Å². The van der Waals surface area contributed by atoms with Crippen LogP contribution >= 0.6 is 15.9 Å². The molecule has 28 heavy (non-hydrogen) atoms. The Morgan fingerprint density at radius 1 is 1.11 bits per heavy atom. The number of carbonyl (C=O) groups is 1. The van der Waals surface area contributed by atoms with Gasteiger partial charge >= 0.3 is 0 Å². The molecule has 0 fully saturated rings. The van der Waals surface area contributed by atoms with E-state index in [1.165, 1.54) is 12.1 Å².